The molecule has 4 heteroatoms. The summed E-state index contributed by atoms with van der Waals surface area (Å²) in [5, 5.41) is 0.800. The van der Waals surface area contributed by atoms with Crippen LogP contribution in [0.15, 0.2) is 30.3 Å². The first-order chi connectivity index (χ1) is 8.89. The molecule has 98 valence electrons. The number of aromatic nitrogens is 1. The van der Waals surface area contributed by atoms with Crippen LogP contribution in [0.4, 0.5) is 0 Å². The topological polar surface area (TPSA) is 56.3 Å². The van der Waals surface area contributed by atoms with Gasteiger partial charge in [-0.15, -0.1) is 0 Å². The minimum absolute atomic E-state index is 0.367. The average molecular weight is 257 g/mol. The number of fused-ring (bicyclic) bond motifs is 1. The number of ether oxygens (including phenoxy) is 1. The summed E-state index contributed by atoms with van der Waals surface area (Å²) < 4.78 is 5.30. The van der Waals surface area contributed by atoms with Crippen molar-refractivity contribution in [1.29, 1.82) is 0 Å². The van der Waals surface area contributed by atoms with Gasteiger partial charge in [-0.1, -0.05) is 6.07 Å². The van der Waals surface area contributed by atoms with Crippen molar-refractivity contribution in [1.82, 2.24) is 4.98 Å². The van der Waals surface area contributed by atoms with Crippen molar-refractivity contribution in [2.24, 2.45) is 0 Å². The molecule has 0 radical (unpaired) electrons. The second-order valence-corrected chi connectivity index (χ2v) is 5.26. The van der Waals surface area contributed by atoms with E-state index in [1.807, 2.05) is 20.8 Å². The van der Waals surface area contributed by atoms with E-state index in [4.69, 9.17) is 4.74 Å². The van der Waals surface area contributed by atoms with Gasteiger partial charge in [0.15, 0.2) is 6.29 Å². The summed E-state index contributed by atoms with van der Waals surface area (Å²) in [5.74, 6) is -0.367. The highest BCUT2D eigenvalue weighted by Crippen LogP contribution is 2.17. The van der Waals surface area contributed by atoms with E-state index >= 15 is 0 Å². The Hall–Kier alpha value is -2.23. The van der Waals surface area contributed by atoms with Gasteiger partial charge in [-0.2, -0.15) is 0 Å². The lowest BCUT2D eigenvalue weighted by molar-refractivity contribution is 0.00696. The second-order valence-electron chi connectivity index (χ2n) is 5.26. The van der Waals surface area contributed by atoms with Gasteiger partial charge < -0.3 is 4.74 Å². The molecule has 0 amide bonds. The summed E-state index contributed by atoms with van der Waals surface area (Å²) in [6.07, 6.45) is 0.696. The van der Waals surface area contributed by atoms with Crippen molar-refractivity contribution >= 4 is 23.2 Å². The van der Waals surface area contributed by atoms with Crippen molar-refractivity contribution in [2.45, 2.75) is 26.4 Å². The molecule has 1 heterocycles. The molecular weight excluding hydrogens is 242 g/mol. The number of rotatable bonds is 2. The van der Waals surface area contributed by atoms with Gasteiger partial charge in [0, 0.05) is 5.39 Å². The number of nitrogens with zero attached hydrogens (tertiary/aromatic N) is 1. The van der Waals surface area contributed by atoms with Gasteiger partial charge in [0.2, 0.25) is 0 Å². The molecule has 0 unspecified atom stereocenters. The third-order valence-corrected chi connectivity index (χ3v) is 2.47. The zero-order valence-electron chi connectivity index (χ0n) is 11.1. The van der Waals surface area contributed by atoms with Crippen LogP contribution in [0.25, 0.3) is 10.9 Å². The maximum absolute atomic E-state index is 11.9. The fourth-order valence-corrected chi connectivity index (χ4v) is 1.67. The van der Waals surface area contributed by atoms with Crippen LogP contribution in [-0.4, -0.2) is 22.8 Å². The Balaban J connectivity index is 2.37. The van der Waals surface area contributed by atoms with E-state index in [1.54, 1.807) is 30.3 Å². The first-order valence-electron chi connectivity index (χ1n) is 5.98. The molecule has 1 aromatic carbocycles. The van der Waals surface area contributed by atoms with E-state index in [0.717, 1.165) is 5.39 Å². The molecule has 2 rings (SSSR count). The van der Waals surface area contributed by atoms with Gasteiger partial charge in [-0.3, -0.25) is 4.79 Å². The van der Waals surface area contributed by atoms with Crippen LogP contribution in [0.1, 0.15) is 41.6 Å². The quantitative estimate of drug-likeness (QED) is 0.613. The number of hydrogen-bond acceptors (Lipinski definition) is 4. The first-order valence-corrected chi connectivity index (χ1v) is 5.98. The van der Waals surface area contributed by atoms with E-state index in [1.165, 1.54) is 0 Å². The van der Waals surface area contributed by atoms with Crippen molar-refractivity contribution < 1.29 is 14.3 Å². The molecule has 0 fully saturated rings. The van der Waals surface area contributed by atoms with Crippen molar-refractivity contribution in [3.05, 3.63) is 41.6 Å². The molecule has 0 N–H and O–H groups in total. The van der Waals surface area contributed by atoms with E-state index in [9.17, 15) is 9.59 Å². The fourth-order valence-electron chi connectivity index (χ4n) is 1.67. The minimum Gasteiger partial charge on any atom is -0.456 e. The summed E-state index contributed by atoms with van der Waals surface area (Å²) >= 11 is 0. The Morgan fingerprint density at radius 3 is 2.58 bits per heavy atom. The van der Waals surface area contributed by atoms with Crippen molar-refractivity contribution in [3.63, 3.8) is 0 Å². The van der Waals surface area contributed by atoms with Gasteiger partial charge in [-0.05, 0) is 45.0 Å². The fraction of sp³-hybridized carbons (Fsp3) is 0.267. The Kier molecular flexibility index (Phi) is 3.34. The number of hydrogen-bond donors (Lipinski definition) is 0. The SMILES string of the molecule is CC(C)(C)OC(=O)c1ccc2nc(C=O)ccc2c1. The number of benzene rings is 1. The first kappa shape index (κ1) is 13.2. The Labute approximate surface area is 111 Å². The molecule has 0 aliphatic carbocycles. The van der Waals surface area contributed by atoms with Crippen LogP contribution in [0.2, 0.25) is 0 Å². The molecule has 2 aromatic rings. The molecule has 0 aliphatic heterocycles. The number of carbonyl (C=O) groups is 2. The zero-order chi connectivity index (χ0) is 14.0. The molecule has 19 heavy (non-hydrogen) atoms. The van der Waals surface area contributed by atoms with Gasteiger partial charge in [0.05, 0.1) is 11.1 Å². The smallest absolute Gasteiger partial charge is 0.338 e. The van der Waals surface area contributed by atoms with Gasteiger partial charge in [0.1, 0.15) is 11.3 Å². The molecule has 4 nitrogen and oxygen atoms in total. The maximum Gasteiger partial charge on any atom is 0.338 e. The number of pyridine rings is 1. The number of esters is 1. The highest BCUT2D eigenvalue weighted by atomic mass is 16.6. The predicted octanol–water partition coefficient (Wildman–Crippen LogP) is 3.00. The summed E-state index contributed by atoms with van der Waals surface area (Å²) in [6, 6.07) is 8.46. The lowest BCUT2D eigenvalue weighted by atomic mass is 10.1. The molecule has 0 saturated carbocycles. The standard InChI is InChI=1S/C15H15NO3/c1-15(2,3)19-14(18)11-5-7-13-10(8-11)4-6-12(9-17)16-13/h4-9H,1-3H3. The summed E-state index contributed by atoms with van der Waals surface area (Å²) in [7, 11) is 0. The largest absolute Gasteiger partial charge is 0.456 e. The van der Waals surface area contributed by atoms with Gasteiger partial charge in [-0.25, -0.2) is 9.78 Å². The monoisotopic (exact) mass is 257 g/mol. The van der Waals surface area contributed by atoms with E-state index in [0.29, 0.717) is 23.1 Å². The molecule has 0 saturated heterocycles. The predicted molar refractivity (Wildman–Crippen MR) is 72.3 cm³/mol. The van der Waals surface area contributed by atoms with Crippen molar-refractivity contribution in [3.8, 4) is 0 Å². The number of aldehydes is 1. The van der Waals surface area contributed by atoms with Crippen molar-refractivity contribution in [2.75, 3.05) is 0 Å². The highest BCUT2D eigenvalue weighted by Gasteiger charge is 2.18. The molecule has 1 aromatic heterocycles. The Morgan fingerprint density at radius 2 is 1.95 bits per heavy atom. The highest BCUT2D eigenvalue weighted by molar-refractivity contribution is 5.95. The molecule has 0 bridgehead atoms. The maximum atomic E-state index is 11.9. The average Bonchev–Trinajstić information content (AvgIpc) is 2.35. The number of carbonyl (C=O) groups excluding carboxylic acids is 2. The lowest BCUT2D eigenvalue weighted by Gasteiger charge is -2.19. The van der Waals surface area contributed by atoms with E-state index < -0.39 is 5.60 Å². The Morgan fingerprint density at radius 1 is 1.21 bits per heavy atom. The van der Waals surface area contributed by atoms with Crippen LogP contribution >= 0.6 is 0 Å². The molecular formula is C15H15NO3. The molecule has 0 aliphatic rings. The van der Waals surface area contributed by atoms with Crippen LogP contribution in [0.3, 0.4) is 0 Å². The summed E-state index contributed by atoms with van der Waals surface area (Å²) in [4.78, 5) is 26.7. The zero-order valence-corrected chi connectivity index (χ0v) is 11.1. The third kappa shape index (κ3) is 3.16. The molecule has 0 spiro atoms. The third-order valence-electron chi connectivity index (χ3n) is 2.47. The second kappa shape index (κ2) is 4.80. The van der Waals surface area contributed by atoms with E-state index in [-0.39, 0.29) is 5.97 Å². The minimum atomic E-state index is -0.522. The lowest BCUT2D eigenvalue weighted by Crippen LogP contribution is -2.23. The van der Waals surface area contributed by atoms with Crippen LogP contribution < -0.4 is 0 Å². The van der Waals surface area contributed by atoms with Gasteiger partial charge >= 0.3 is 5.97 Å². The van der Waals surface area contributed by atoms with E-state index in [2.05, 4.69) is 4.98 Å². The summed E-state index contributed by atoms with van der Waals surface area (Å²) in [5.41, 5.74) is 1.00. The Bertz CT molecular complexity index is 641. The molecule has 0 atom stereocenters. The van der Waals surface area contributed by atoms with Crippen LogP contribution in [0.5, 0.6) is 0 Å². The normalized spacial score (nSPS) is 11.3. The summed E-state index contributed by atoms with van der Waals surface area (Å²) in [6.45, 7) is 5.47. The van der Waals surface area contributed by atoms with Crippen LogP contribution in [-0.2, 0) is 4.74 Å². The van der Waals surface area contributed by atoms with Gasteiger partial charge in [0.25, 0.3) is 0 Å². The van der Waals surface area contributed by atoms with Crippen LogP contribution in [0, 0.1) is 0 Å².